The van der Waals surface area contributed by atoms with Crippen LogP contribution in [0.2, 0.25) is 0 Å². The minimum absolute atomic E-state index is 0.0667. The highest BCUT2D eigenvalue weighted by Crippen LogP contribution is 2.25. The lowest BCUT2D eigenvalue weighted by atomic mass is 9.94. The molecule has 0 radical (unpaired) electrons. The molecule has 6 heteroatoms. The van der Waals surface area contributed by atoms with E-state index >= 15 is 0 Å². The second-order valence-corrected chi connectivity index (χ2v) is 4.58. The minimum atomic E-state index is -1.32. The molecule has 0 aromatic rings. The summed E-state index contributed by atoms with van der Waals surface area (Å²) in [6.07, 6.45) is 4.32. The van der Waals surface area contributed by atoms with Crippen molar-refractivity contribution in [2.45, 2.75) is 50.6 Å². The Kier molecular flexibility index (Phi) is 3.31. The molecular weight excluding hydrogens is 224 g/mol. The topological polar surface area (TPSA) is 89.5 Å². The smallest absolute Gasteiger partial charge is 0.325 e. The number of hydrogen-bond acceptors (Lipinski definition) is 4. The first-order chi connectivity index (χ1) is 8.09. The van der Waals surface area contributed by atoms with Crippen LogP contribution in [0.25, 0.3) is 0 Å². The Hall–Kier alpha value is -1.59. The standard InChI is InChI=1S/C11H16N2O4/c14-9(15)6-8-10(16)13(11(17)12-8)7-4-2-1-3-5-7/h7-8H,1-6H2,(H,12,17)(H,14,15)/p-1/t8-/m1/s1. The molecule has 2 fully saturated rings. The lowest BCUT2D eigenvalue weighted by Gasteiger charge is -2.28. The largest absolute Gasteiger partial charge is 0.550 e. The number of carboxylic acid groups (broad SMARTS) is 1. The Morgan fingerprint density at radius 2 is 1.94 bits per heavy atom. The van der Waals surface area contributed by atoms with Crippen molar-refractivity contribution in [3.63, 3.8) is 0 Å². The SMILES string of the molecule is O=C([O-])C[C@H]1NC(=O)N(C2CCCCC2)C1=O. The van der Waals surface area contributed by atoms with Crippen molar-refractivity contribution in [2.75, 3.05) is 0 Å². The third-order valence-electron chi connectivity index (χ3n) is 3.36. The van der Waals surface area contributed by atoms with E-state index in [1.54, 1.807) is 0 Å². The van der Waals surface area contributed by atoms with E-state index in [2.05, 4.69) is 5.32 Å². The molecule has 1 N–H and O–H groups in total. The summed E-state index contributed by atoms with van der Waals surface area (Å²) in [6, 6.07) is -1.48. The van der Waals surface area contributed by atoms with Gasteiger partial charge in [-0.2, -0.15) is 0 Å². The summed E-state index contributed by atoms with van der Waals surface area (Å²) >= 11 is 0. The summed E-state index contributed by atoms with van der Waals surface area (Å²) in [7, 11) is 0. The molecule has 1 heterocycles. The van der Waals surface area contributed by atoms with E-state index in [1.165, 1.54) is 4.90 Å². The Morgan fingerprint density at radius 1 is 1.29 bits per heavy atom. The van der Waals surface area contributed by atoms with Crippen molar-refractivity contribution in [1.82, 2.24) is 10.2 Å². The van der Waals surface area contributed by atoms with Crippen molar-refractivity contribution in [2.24, 2.45) is 0 Å². The molecule has 94 valence electrons. The first kappa shape index (κ1) is 11.9. The fourth-order valence-electron chi connectivity index (χ4n) is 2.54. The van der Waals surface area contributed by atoms with Gasteiger partial charge in [0.05, 0.1) is 0 Å². The molecule has 0 bridgehead atoms. The zero-order valence-corrected chi connectivity index (χ0v) is 9.48. The second-order valence-electron chi connectivity index (χ2n) is 4.58. The summed E-state index contributed by atoms with van der Waals surface area (Å²) in [5.41, 5.74) is 0. The molecule has 1 saturated carbocycles. The average molecular weight is 239 g/mol. The number of nitrogens with zero attached hydrogens (tertiary/aromatic N) is 1. The molecule has 1 saturated heterocycles. The van der Waals surface area contributed by atoms with E-state index in [4.69, 9.17) is 0 Å². The lowest BCUT2D eigenvalue weighted by molar-refractivity contribution is -0.306. The molecule has 6 nitrogen and oxygen atoms in total. The van der Waals surface area contributed by atoms with Crippen LogP contribution in [0, 0.1) is 0 Å². The van der Waals surface area contributed by atoms with Crippen molar-refractivity contribution in [3.05, 3.63) is 0 Å². The van der Waals surface area contributed by atoms with E-state index in [0.717, 1.165) is 32.1 Å². The predicted molar refractivity (Wildman–Crippen MR) is 55.7 cm³/mol. The first-order valence-corrected chi connectivity index (χ1v) is 5.93. The number of nitrogens with one attached hydrogen (secondary N) is 1. The summed E-state index contributed by atoms with van der Waals surface area (Å²) < 4.78 is 0. The van der Waals surface area contributed by atoms with Gasteiger partial charge in [0.25, 0.3) is 5.91 Å². The van der Waals surface area contributed by atoms with Crippen LogP contribution in [0.4, 0.5) is 4.79 Å². The quantitative estimate of drug-likeness (QED) is 0.664. The Bertz CT molecular complexity index is 349. The summed E-state index contributed by atoms with van der Waals surface area (Å²) in [4.78, 5) is 35.2. The molecule has 0 aromatic heterocycles. The molecule has 1 aliphatic carbocycles. The number of rotatable bonds is 3. The summed E-state index contributed by atoms with van der Waals surface area (Å²) in [6.45, 7) is 0. The average Bonchev–Trinajstić information content (AvgIpc) is 2.54. The number of carboxylic acids is 1. The molecule has 1 aliphatic heterocycles. The highest BCUT2D eigenvalue weighted by Gasteiger charge is 2.41. The van der Waals surface area contributed by atoms with Crippen LogP contribution in [0.5, 0.6) is 0 Å². The normalized spacial score (nSPS) is 26.1. The number of urea groups is 1. The molecular formula is C11H15N2O4-. The molecule has 2 rings (SSSR count). The maximum absolute atomic E-state index is 11.9. The molecule has 0 aromatic carbocycles. The van der Waals surface area contributed by atoms with Gasteiger partial charge >= 0.3 is 6.03 Å². The van der Waals surface area contributed by atoms with Crippen LogP contribution in [-0.4, -0.2) is 34.9 Å². The van der Waals surface area contributed by atoms with Gasteiger partial charge in [-0.3, -0.25) is 9.69 Å². The van der Waals surface area contributed by atoms with E-state index in [0.29, 0.717) is 0 Å². The van der Waals surface area contributed by atoms with Gasteiger partial charge in [-0.05, 0) is 12.8 Å². The summed E-state index contributed by atoms with van der Waals surface area (Å²) in [5.74, 6) is -1.75. The third kappa shape index (κ3) is 2.40. The molecule has 0 spiro atoms. The monoisotopic (exact) mass is 239 g/mol. The molecule has 2 aliphatic rings. The number of amides is 3. The maximum Gasteiger partial charge on any atom is 0.325 e. The third-order valence-corrected chi connectivity index (χ3v) is 3.36. The maximum atomic E-state index is 11.9. The molecule has 17 heavy (non-hydrogen) atoms. The Labute approximate surface area is 99.0 Å². The number of hydrogen-bond donors (Lipinski definition) is 1. The van der Waals surface area contributed by atoms with Crippen LogP contribution in [0.3, 0.4) is 0 Å². The van der Waals surface area contributed by atoms with Crippen molar-refractivity contribution in [1.29, 1.82) is 0 Å². The van der Waals surface area contributed by atoms with Crippen molar-refractivity contribution in [3.8, 4) is 0 Å². The number of aliphatic carboxylic acids is 1. The van der Waals surface area contributed by atoms with E-state index < -0.39 is 30.4 Å². The van der Waals surface area contributed by atoms with E-state index in [-0.39, 0.29) is 6.04 Å². The summed E-state index contributed by atoms with van der Waals surface area (Å²) in [5, 5.41) is 12.9. The van der Waals surface area contributed by atoms with Crippen LogP contribution < -0.4 is 10.4 Å². The van der Waals surface area contributed by atoms with Gasteiger partial charge < -0.3 is 15.2 Å². The van der Waals surface area contributed by atoms with Gasteiger partial charge in [0.1, 0.15) is 6.04 Å². The highest BCUT2D eigenvalue weighted by atomic mass is 16.4. The second kappa shape index (κ2) is 4.73. The van der Waals surface area contributed by atoms with Gasteiger partial charge in [0.2, 0.25) is 0 Å². The fourth-order valence-corrected chi connectivity index (χ4v) is 2.54. The van der Waals surface area contributed by atoms with Crippen LogP contribution >= 0.6 is 0 Å². The van der Waals surface area contributed by atoms with Crippen molar-refractivity contribution < 1.29 is 19.5 Å². The molecule has 3 amide bonds. The zero-order chi connectivity index (χ0) is 12.4. The van der Waals surface area contributed by atoms with Gasteiger partial charge in [-0.25, -0.2) is 4.79 Å². The molecule has 0 unspecified atom stereocenters. The highest BCUT2D eigenvalue weighted by molar-refractivity contribution is 6.05. The number of imide groups is 1. The predicted octanol–water partition coefficient (Wildman–Crippen LogP) is -0.620. The van der Waals surface area contributed by atoms with Crippen LogP contribution in [0.15, 0.2) is 0 Å². The fraction of sp³-hybridized carbons (Fsp3) is 0.727. The van der Waals surface area contributed by atoms with Gasteiger partial charge in [0, 0.05) is 18.4 Å². The molecule has 1 atom stereocenters. The van der Waals surface area contributed by atoms with E-state index in [1.807, 2.05) is 0 Å². The van der Waals surface area contributed by atoms with Crippen LogP contribution in [-0.2, 0) is 9.59 Å². The van der Waals surface area contributed by atoms with Gasteiger partial charge in [-0.1, -0.05) is 19.3 Å². The van der Waals surface area contributed by atoms with Crippen LogP contribution in [0.1, 0.15) is 38.5 Å². The van der Waals surface area contributed by atoms with Crippen molar-refractivity contribution >= 4 is 17.9 Å². The Morgan fingerprint density at radius 3 is 2.53 bits per heavy atom. The first-order valence-electron chi connectivity index (χ1n) is 5.93. The van der Waals surface area contributed by atoms with E-state index in [9.17, 15) is 19.5 Å². The van der Waals surface area contributed by atoms with Gasteiger partial charge in [0.15, 0.2) is 0 Å². The van der Waals surface area contributed by atoms with Gasteiger partial charge in [-0.15, -0.1) is 0 Å². The lowest BCUT2D eigenvalue weighted by Crippen LogP contribution is -2.42. The minimum Gasteiger partial charge on any atom is -0.550 e. The Balaban J connectivity index is 2.05. The number of carbonyl (C=O) groups excluding carboxylic acids is 3. The zero-order valence-electron chi connectivity index (χ0n) is 9.48. The number of carbonyl (C=O) groups is 3.